The maximum atomic E-state index is 11.5. The molecule has 2 aromatic carbocycles. The second-order valence-electron chi connectivity index (χ2n) is 3.47. The number of carbonyl (C=O) groups is 2. The van der Waals surface area contributed by atoms with Crippen LogP contribution in [0.3, 0.4) is 0 Å². The van der Waals surface area contributed by atoms with Crippen molar-refractivity contribution in [2.45, 2.75) is 0 Å². The Kier molecular flexibility index (Phi) is 5.75. The number of hydrogen-bond acceptors (Lipinski definition) is 4. The first-order valence-corrected chi connectivity index (χ1v) is 5.30. The van der Waals surface area contributed by atoms with E-state index in [0.717, 1.165) is 0 Å². The lowest BCUT2D eigenvalue weighted by Crippen LogP contribution is -2.11. The topological polar surface area (TPSA) is 52.6 Å². The first-order valence-electron chi connectivity index (χ1n) is 5.30. The summed E-state index contributed by atoms with van der Waals surface area (Å²) in [6.45, 7) is 0. The highest BCUT2D eigenvalue weighted by molar-refractivity contribution is 8.93. The molecular formula is C14H11BrO4. The van der Waals surface area contributed by atoms with Crippen LogP contribution in [-0.4, -0.2) is 11.9 Å². The predicted octanol–water partition coefficient (Wildman–Crippen LogP) is 3.19. The van der Waals surface area contributed by atoms with E-state index in [1.54, 1.807) is 60.7 Å². The molecule has 19 heavy (non-hydrogen) atoms. The lowest BCUT2D eigenvalue weighted by Gasteiger charge is -2.02. The molecule has 0 aliphatic rings. The first kappa shape index (κ1) is 14.9. The predicted molar refractivity (Wildman–Crippen MR) is 74.0 cm³/mol. The Balaban J connectivity index is 0.00000180. The van der Waals surface area contributed by atoms with E-state index in [0.29, 0.717) is 11.1 Å². The van der Waals surface area contributed by atoms with Crippen LogP contribution in [0, 0.1) is 0 Å². The molecule has 0 N–H and O–H groups in total. The first-order chi connectivity index (χ1) is 8.77. The molecule has 0 radical (unpaired) electrons. The number of carbonyl (C=O) groups excluding carboxylic acids is 2. The van der Waals surface area contributed by atoms with Gasteiger partial charge in [0.25, 0.3) is 0 Å². The van der Waals surface area contributed by atoms with Crippen LogP contribution in [0.2, 0.25) is 0 Å². The van der Waals surface area contributed by atoms with Crippen molar-refractivity contribution in [2.24, 2.45) is 0 Å². The van der Waals surface area contributed by atoms with E-state index in [9.17, 15) is 9.59 Å². The van der Waals surface area contributed by atoms with Crippen LogP contribution < -0.4 is 0 Å². The van der Waals surface area contributed by atoms with Gasteiger partial charge in [0.1, 0.15) is 0 Å². The molecule has 0 aliphatic carbocycles. The van der Waals surface area contributed by atoms with Crippen LogP contribution in [0.15, 0.2) is 60.7 Å². The highest BCUT2D eigenvalue weighted by atomic mass is 79.9. The van der Waals surface area contributed by atoms with Crippen LogP contribution in [0.5, 0.6) is 0 Å². The smallest absolute Gasteiger partial charge is 0.242 e. The molecule has 0 heterocycles. The molecule has 0 saturated carbocycles. The van der Waals surface area contributed by atoms with Crippen LogP contribution in [0.4, 0.5) is 0 Å². The Bertz CT molecular complexity index is 488. The van der Waals surface area contributed by atoms with E-state index in [4.69, 9.17) is 0 Å². The summed E-state index contributed by atoms with van der Waals surface area (Å²) in [5.41, 5.74) is 0.636. The molecule has 0 atom stereocenters. The van der Waals surface area contributed by atoms with Gasteiger partial charge in [0.2, 0.25) is 0 Å². The van der Waals surface area contributed by atoms with Crippen LogP contribution in [-0.2, 0) is 9.78 Å². The summed E-state index contributed by atoms with van der Waals surface area (Å²) >= 11 is 0. The summed E-state index contributed by atoms with van der Waals surface area (Å²) in [5.74, 6) is -1.42. The Labute approximate surface area is 120 Å². The number of rotatable bonds is 2. The highest BCUT2D eigenvalue weighted by Crippen LogP contribution is 2.05. The molecule has 2 rings (SSSR count). The Morgan fingerprint density at radius 3 is 1.26 bits per heavy atom. The van der Waals surface area contributed by atoms with E-state index in [1.807, 2.05) is 0 Å². The average molecular weight is 323 g/mol. The van der Waals surface area contributed by atoms with Crippen molar-refractivity contribution >= 4 is 28.9 Å². The Hall–Kier alpha value is -2.14. The second-order valence-corrected chi connectivity index (χ2v) is 3.47. The van der Waals surface area contributed by atoms with Crippen LogP contribution in [0.1, 0.15) is 20.7 Å². The molecule has 0 unspecified atom stereocenters. The summed E-state index contributed by atoms with van der Waals surface area (Å²) in [7, 11) is 0. The molecule has 0 aliphatic heterocycles. The van der Waals surface area contributed by atoms with Gasteiger partial charge in [0, 0.05) is 0 Å². The van der Waals surface area contributed by atoms with E-state index < -0.39 is 11.9 Å². The van der Waals surface area contributed by atoms with Gasteiger partial charge in [-0.2, -0.15) is 0 Å². The van der Waals surface area contributed by atoms with Gasteiger partial charge in [0.15, 0.2) is 0 Å². The standard InChI is InChI=1S/C14H10O4.BrH/c15-13(11-7-3-1-4-8-11)17-18-14(16)12-9-5-2-6-10-12;/h1-10H;1H. The van der Waals surface area contributed by atoms with Gasteiger partial charge in [-0.1, -0.05) is 36.4 Å². The molecule has 4 nitrogen and oxygen atoms in total. The minimum atomic E-state index is -0.708. The van der Waals surface area contributed by atoms with E-state index in [2.05, 4.69) is 9.78 Å². The third-order valence-corrected chi connectivity index (χ3v) is 2.21. The molecule has 5 heteroatoms. The Morgan fingerprint density at radius 2 is 0.947 bits per heavy atom. The van der Waals surface area contributed by atoms with E-state index in [-0.39, 0.29) is 17.0 Å². The third kappa shape index (κ3) is 4.22. The van der Waals surface area contributed by atoms with Crippen LogP contribution >= 0.6 is 17.0 Å². The van der Waals surface area contributed by atoms with Crippen molar-refractivity contribution in [3.05, 3.63) is 71.8 Å². The lowest BCUT2D eigenvalue weighted by molar-refractivity contribution is -0.187. The summed E-state index contributed by atoms with van der Waals surface area (Å²) in [4.78, 5) is 31.9. The largest absolute Gasteiger partial charge is 0.386 e. The molecule has 0 amide bonds. The summed E-state index contributed by atoms with van der Waals surface area (Å²) < 4.78 is 0. The Morgan fingerprint density at radius 1 is 0.632 bits per heavy atom. The summed E-state index contributed by atoms with van der Waals surface area (Å²) in [6.07, 6.45) is 0. The third-order valence-electron chi connectivity index (χ3n) is 2.21. The maximum absolute atomic E-state index is 11.5. The van der Waals surface area contributed by atoms with Crippen molar-refractivity contribution in [2.75, 3.05) is 0 Å². The second kappa shape index (κ2) is 7.33. The number of halogens is 1. The van der Waals surface area contributed by atoms with Crippen LogP contribution in [0.25, 0.3) is 0 Å². The van der Waals surface area contributed by atoms with Crippen molar-refractivity contribution < 1.29 is 19.4 Å². The fraction of sp³-hybridized carbons (Fsp3) is 0. The average Bonchev–Trinajstić information content (AvgIpc) is 2.46. The number of hydrogen-bond donors (Lipinski definition) is 0. The molecule has 2 aromatic rings. The molecule has 0 bridgehead atoms. The van der Waals surface area contributed by atoms with Gasteiger partial charge in [-0.25, -0.2) is 19.4 Å². The fourth-order valence-electron chi connectivity index (χ4n) is 1.32. The monoisotopic (exact) mass is 322 g/mol. The normalized spacial score (nSPS) is 9.05. The van der Waals surface area contributed by atoms with Crippen molar-refractivity contribution in [3.63, 3.8) is 0 Å². The van der Waals surface area contributed by atoms with Crippen molar-refractivity contribution in [1.82, 2.24) is 0 Å². The van der Waals surface area contributed by atoms with Gasteiger partial charge in [0.05, 0.1) is 11.1 Å². The molecule has 0 spiro atoms. The molecular weight excluding hydrogens is 312 g/mol. The minimum Gasteiger partial charge on any atom is -0.242 e. The molecule has 0 saturated heterocycles. The number of benzene rings is 2. The minimum absolute atomic E-state index is 0. The van der Waals surface area contributed by atoms with E-state index >= 15 is 0 Å². The van der Waals surface area contributed by atoms with Gasteiger partial charge in [-0.3, -0.25) is 0 Å². The SMILES string of the molecule is Br.O=C(OOC(=O)c1ccccc1)c1ccccc1. The summed E-state index contributed by atoms with van der Waals surface area (Å²) in [6, 6.07) is 16.6. The maximum Gasteiger partial charge on any atom is 0.386 e. The van der Waals surface area contributed by atoms with Gasteiger partial charge in [-0.15, -0.1) is 17.0 Å². The van der Waals surface area contributed by atoms with Gasteiger partial charge < -0.3 is 0 Å². The molecule has 0 fully saturated rings. The van der Waals surface area contributed by atoms with Crippen molar-refractivity contribution in [1.29, 1.82) is 0 Å². The fourth-order valence-corrected chi connectivity index (χ4v) is 1.32. The quantitative estimate of drug-likeness (QED) is 0.629. The van der Waals surface area contributed by atoms with Crippen molar-refractivity contribution in [3.8, 4) is 0 Å². The van der Waals surface area contributed by atoms with E-state index in [1.165, 1.54) is 0 Å². The van der Waals surface area contributed by atoms with Gasteiger partial charge in [-0.05, 0) is 24.3 Å². The zero-order valence-electron chi connectivity index (χ0n) is 9.81. The lowest BCUT2D eigenvalue weighted by atomic mass is 10.2. The molecule has 98 valence electrons. The van der Waals surface area contributed by atoms with Gasteiger partial charge >= 0.3 is 11.9 Å². The zero-order chi connectivity index (χ0) is 12.8. The molecule has 0 aromatic heterocycles. The summed E-state index contributed by atoms with van der Waals surface area (Å²) in [5, 5.41) is 0. The highest BCUT2D eigenvalue weighted by Gasteiger charge is 2.12. The zero-order valence-corrected chi connectivity index (χ0v) is 11.5.